The van der Waals surface area contributed by atoms with Crippen LogP contribution in [0.1, 0.15) is 26.5 Å². The second-order valence-electron chi connectivity index (χ2n) is 7.18. The van der Waals surface area contributed by atoms with Gasteiger partial charge in [-0.3, -0.25) is 9.59 Å². The van der Waals surface area contributed by atoms with Crippen molar-refractivity contribution in [1.82, 2.24) is 0 Å². The highest BCUT2D eigenvalue weighted by Crippen LogP contribution is 2.35. The topological polar surface area (TPSA) is 89.8 Å². The van der Waals surface area contributed by atoms with Gasteiger partial charge in [-0.05, 0) is 67.1 Å². The van der Waals surface area contributed by atoms with E-state index in [-0.39, 0.29) is 11.7 Å². The third-order valence-electron chi connectivity index (χ3n) is 4.94. The van der Waals surface area contributed by atoms with Gasteiger partial charge in [0.15, 0.2) is 5.75 Å². The van der Waals surface area contributed by atoms with Crippen molar-refractivity contribution in [2.75, 3.05) is 24.9 Å². The SMILES string of the molecule is COc1ccc(C(=O)Nc2ccc3oc(C(=O)Nc4cccc(C)c4)c(OC)c3c2)cc1. The first kappa shape index (κ1) is 21.0. The first-order valence-corrected chi connectivity index (χ1v) is 9.92. The Morgan fingerprint density at radius 3 is 2.22 bits per heavy atom. The van der Waals surface area contributed by atoms with E-state index < -0.39 is 5.91 Å². The number of aryl methyl sites for hydroxylation is 1. The van der Waals surface area contributed by atoms with E-state index in [1.807, 2.05) is 25.1 Å². The minimum absolute atomic E-state index is 0.0580. The molecule has 162 valence electrons. The Balaban J connectivity index is 1.59. The smallest absolute Gasteiger partial charge is 0.295 e. The highest BCUT2D eigenvalue weighted by molar-refractivity contribution is 6.09. The summed E-state index contributed by atoms with van der Waals surface area (Å²) in [4.78, 5) is 25.4. The lowest BCUT2D eigenvalue weighted by Gasteiger charge is -2.07. The van der Waals surface area contributed by atoms with Gasteiger partial charge in [-0.1, -0.05) is 12.1 Å². The fourth-order valence-corrected chi connectivity index (χ4v) is 3.36. The molecule has 0 atom stereocenters. The molecular formula is C25H22N2O5. The van der Waals surface area contributed by atoms with Crippen molar-refractivity contribution in [2.24, 2.45) is 0 Å². The van der Waals surface area contributed by atoms with Crippen LogP contribution in [0, 0.1) is 6.92 Å². The molecule has 7 nitrogen and oxygen atoms in total. The molecule has 32 heavy (non-hydrogen) atoms. The summed E-state index contributed by atoms with van der Waals surface area (Å²) >= 11 is 0. The number of ether oxygens (including phenoxy) is 2. The van der Waals surface area contributed by atoms with E-state index in [2.05, 4.69) is 10.6 Å². The number of benzene rings is 3. The van der Waals surface area contributed by atoms with Crippen LogP contribution < -0.4 is 20.1 Å². The molecule has 1 heterocycles. The lowest BCUT2D eigenvalue weighted by molar-refractivity contribution is 0.0992. The molecule has 0 fully saturated rings. The third-order valence-corrected chi connectivity index (χ3v) is 4.94. The molecule has 0 aliphatic heterocycles. The average molecular weight is 430 g/mol. The number of nitrogens with one attached hydrogen (secondary N) is 2. The predicted molar refractivity (Wildman–Crippen MR) is 123 cm³/mol. The van der Waals surface area contributed by atoms with Crippen molar-refractivity contribution < 1.29 is 23.5 Å². The molecule has 4 aromatic rings. The van der Waals surface area contributed by atoms with Crippen LogP contribution in [0.15, 0.2) is 71.1 Å². The van der Waals surface area contributed by atoms with Crippen molar-refractivity contribution in [3.63, 3.8) is 0 Å². The number of anilines is 2. The maximum absolute atomic E-state index is 12.8. The summed E-state index contributed by atoms with van der Waals surface area (Å²) in [5, 5.41) is 6.24. The standard InChI is InChI=1S/C25H22N2O5/c1-15-5-4-6-17(13-15)27-25(29)23-22(31-3)20-14-18(9-12-21(20)32-23)26-24(28)16-7-10-19(30-2)11-8-16/h4-14H,1-3H3,(H,26,28)(H,27,29). The van der Waals surface area contributed by atoms with Crippen LogP contribution >= 0.6 is 0 Å². The fraction of sp³-hybridized carbons (Fsp3) is 0.120. The average Bonchev–Trinajstić information content (AvgIpc) is 3.17. The van der Waals surface area contributed by atoms with Crippen molar-refractivity contribution in [3.05, 3.63) is 83.6 Å². The van der Waals surface area contributed by atoms with Crippen molar-refractivity contribution in [2.45, 2.75) is 6.92 Å². The number of furan rings is 1. The summed E-state index contributed by atoms with van der Waals surface area (Å²) in [6, 6.07) is 19.4. The molecule has 0 bridgehead atoms. The lowest BCUT2D eigenvalue weighted by Crippen LogP contribution is -2.12. The van der Waals surface area contributed by atoms with Crippen LogP contribution in [0.25, 0.3) is 11.0 Å². The van der Waals surface area contributed by atoms with Gasteiger partial charge in [0.05, 0.1) is 19.6 Å². The maximum Gasteiger partial charge on any atom is 0.295 e. The summed E-state index contributed by atoms with van der Waals surface area (Å²) in [5.41, 5.74) is 3.19. The Bertz CT molecular complexity index is 1290. The summed E-state index contributed by atoms with van der Waals surface area (Å²) < 4.78 is 16.3. The number of hydrogen-bond donors (Lipinski definition) is 2. The highest BCUT2D eigenvalue weighted by atomic mass is 16.5. The van der Waals surface area contributed by atoms with E-state index in [1.54, 1.807) is 55.6 Å². The predicted octanol–water partition coefficient (Wildman–Crippen LogP) is 5.26. The van der Waals surface area contributed by atoms with Gasteiger partial charge in [0, 0.05) is 16.9 Å². The number of carbonyl (C=O) groups is 2. The van der Waals surface area contributed by atoms with Gasteiger partial charge in [-0.25, -0.2) is 0 Å². The molecule has 7 heteroatoms. The lowest BCUT2D eigenvalue weighted by atomic mass is 10.1. The molecule has 0 saturated carbocycles. The second-order valence-corrected chi connectivity index (χ2v) is 7.18. The molecule has 2 amide bonds. The maximum atomic E-state index is 12.8. The van der Waals surface area contributed by atoms with E-state index >= 15 is 0 Å². The molecule has 0 aliphatic rings. The number of fused-ring (bicyclic) bond motifs is 1. The minimum Gasteiger partial charge on any atom is -0.497 e. The van der Waals surface area contributed by atoms with Crippen molar-refractivity contribution in [3.8, 4) is 11.5 Å². The monoisotopic (exact) mass is 430 g/mol. The first-order valence-electron chi connectivity index (χ1n) is 9.92. The quantitative estimate of drug-likeness (QED) is 0.435. The Labute approximate surface area is 184 Å². The van der Waals surface area contributed by atoms with Gasteiger partial charge in [0.2, 0.25) is 5.76 Å². The van der Waals surface area contributed by atoms with Gasteiger partial charge in [-0.2, -0.15) is 0 Å². The summed E-state index contributed by atoms with van der Waals surface area (Å²) in [7, 11) is 3.04. The van der Waals surface area contributed by atoms with E-state index in [1.165, 1.54) is 7.11 Å². The highest BCUT2D eigenvalue weighted by Gasteiger charge is 2.22. The Hall–Kier alpha value is -4.26. The zero-order valence-corrected chi connectivity index (χ0v) is 17.9. The molecule has 0 aliphatic carbocycles. The van der Waals surface area contributed by atoms with Gasteiger partial charge >= 0.3 is 0 Å². The molecule has 1 aromatic heterocycles. The van der Waals surface area contributed by atoms with Gasteiger partial charge < -0.3 is 24.5 Å². The third kappa shape index (κ3) is 4.27. The van der Waals surface area contributed by atoms with Crippen LogP contribution in [0.3, 0.4) is 0 Å². The molecule has 2 N–H and O–H groups in total. The van der Waals surface area contributed by atoms with Crippen LogP contribution in [0.5, 0.6) is 11.5 Å². The first-order chi connectivity index (χ1) is 15.5. The number of rotatable bonds is 6. The molecule has 0 spiro atoms. The second kappa shape index (κ2) is 8.85. The van der Waals surface area contributed by atoms with Crippen LogP contribution in [-0.4, -0.2) is 26.0 Å². The molecule has 3 aromatic carbocycles. The Kier molecular flexibility index (Phi) is 5.81. The van der Waals surface area contributed by atoms with Crippen LogP contribution in [0.2, 0.25) is 0 Å². The molecule has 4 rings (SSSR count). The minimum atomic E-state index is -0.424. The van der Waals surface area contributed by atoms with Gasteiger partial charge in [-0.15, -0.1) is 0 Å². The summed E-state index contributed by atoms with van der Waals surface area (Å²) in [6.45, 7) is 1.94. The summed E-state index contributed by atoms with van der Waals surface area (Å²) in [5.74, 6) is 0.329. The molecule has 0 saturated heterocycles. The number of methoxy groups -OCH3 is 2. The largest absolute Gasteiger partial charge is 0.497 e. The molecular weight excluding hydrogens is 408 g/mol. The summed E-state index contributed by atoms with van der Waals surface area (Å²) in [6.07, 6.45) is 0. The van der Waals surface area contributed by atoms with Crippen molar-refractivity contribution >= 4 is 34.2 Å². The normalized spacial score (nSPS) is 10.6. The number of hydrogen-bond acceptors (Lipinski definition) is 5. The van der Waals surface area contributed by atoms with E-state index in [4.69, 9.17) is 13.9 Å². The zero-order chi connectivity index (χ0) is 22.7. The van der Waals surface area contributed by atoms with Gasteiger partial charge in [0.25, 0.3) is 11.8 Å². The van der Waals surface area contributed by atoms with E-state index in [0.717, 1.165) is 5.56 Å². The Morgan fingerprint density at radius 2 is 1.53 bits per heavy atom. The molecule has 0 radical (unpaired) electrons. The zero-order valence-electron chi connectivity index (χ0n) is 17.9. The fourth-order valence-electron chi connectivity index (χ4n) is 3.36. The van der Waals surface area contributed by atoms with Gasteiger partial charge in [0.1, 0.15) is 11.3 Å². The number of amides is 2. The van der Waals surface area contributed by atoms with E-state index in [0.29, 0.717) is 39.4 Å². The van der Waals surface area contributed by atoms with Crippen molar-refractivity contribution in [1.29, 1.82) is 0 Å². The molecule has 0 unspecified atom stereocenters. The Morgan fingerprint density at radius 1 is 0.812 bits per heavy atom. The van der Waals surface area contributed by atoms with Crippen LogP contribution in [-0.2, 0) is 0 Å². The van der Waals surface area contributed by atoms with E-state index in [9.17, 15) is 9.59 Å². The number of carbonyl (C=O) groups excluding carboxylic acids is 2. The van der Waals surface area contributed by atoms with Crippen LogP contribution in [0.4, 0.5) is 11.4 Å².